The van der Waals surface area contributed by atoms with Crippen LogP contribution in [0.1, 0.15) is 42.4 Å². The Morgan fingerprint density at radius 3 is 3.05 bits per heavy atom. The molecule has 0 radical (unpaired) electrons. The fourth-order valence-corrected chi connectivity index (χ4v) is 2.41. The lowest BCUT2D eigenvalue weighted by Gasteiger charge is -2.13. The van der Waals surface area contributed by atoms with Crippen molar-refractivity contribution in [1.82, 2.24) is 20.1 Å². The second-order valence-electron chi connectivity index (χ2n) is 4.46. The van der Waals surface area contributed by atoms with Crippen molar-refractivity contribution in [3.8, 4) is 0 Å². The number of H-pyrrole nitrogens is 1. The molecule has 102 valence electrons. The van der Waals surface area contributed by atoms with Crippen LogP contribution in [0.2, 0.25) is 0 Å². The first-order chi connectivity index (χ1) is 9.11. The number of aryl methyl sites for hydroxylation is 1. The molecule has 0 aliphatic heterocycles. The van der Waals surface area contributed by atoms with Gasteiger partial charge in [0.25, 0.3) is 5.91 Å². The summed E-state index contributed by atoms with van der Waals surface area (Å²) in [6, 6.07) is 1.77. The zero-order valence-corrected chi connectivity index (χ0v) is 12.6. The number of aromatic nitrogens is 3. The minimum absolute atomic E-state index is 0.0741. The van der Waals surface area contributed by atoms with Crippen molar-refractivity contribution in [3.05, 3.63) is 40.4 Å². The minimum Gasteiger partial charge on any atom is -0.344 e. The van der Waals surface area contributed by atoms with Gasteiger partial charge in [-0.25, -0.2) is 0 Å². The average molecular weight is 325 g/mol. The molecule has 0 bridgehead atoms. The number of amides is 1. The number of carbonyl (C=O) groups is 1. The summed E-state index contributed by atoms with van der Waals surface area (Å²) in [7, 11) is 0. The van der Waals surface area contributed by atoms with Crippen LogP contribution in [0.25, 0.3) is 0 Å². The van der Waals surface area contributed by atoms with E-state index in [1.54, 1.807) is 12.4 Å². The number of carbonyl (C=O) groups excluding carboxylic acids is 1. The van der Waals surface area contributed by atoms with Gasteiger partial charge in [0.15, 0.2) is 0 Å². The standard InChI is InChI=1S/C13H17BrN4O/c1-3-4-18-8-11(14)5-12(18)13(19)17-9(2)10-6-15-16-7-10/h5-9H,3-4H2,1-2H3,(H,15,16)(H,17,19). The summed E-state index contributed by atoms with van der Waals surface area (Å²) in [5.41, 5.74) is 1.63. The van der Waals surface area contributed by atoms with E-state index in [9.17, 15) is 4.79 Å². The van der Waals surface area contributed by atoms with Gasteiger partial charge in [0, 0.05) is 29.0 Å². The van der Waals surface area contributed by atoms with E-state index in [0.717, 1.165) is 23.0 Å². The molecule has 0 saturated carbocycles. The number of hydrogen-bond acceptors (Lipinski definition) is 2. The molecular weight excluding hydrogens is 308 g/mol. The van der Waals surface area contributed by atoms with Gasteiger partial charge in [-0.05, 0) is 35.3 Å². The fourth-order valence-electron chi connectivity index (χ4n) is 1.94. The van der Waals surface area contributed by atoms with Crippen LogP contribution in [0.4, 0.5) is 0 Å². The summed E-state index contributed by atoms with van der Waals surface area (Å²) in [6.07, 6.45) is 6.41. The van der Waals surface area contributed by atoms with Gasteiger partial charge in [-0.3, -0.25) is 9.89 Å². The number of rotatable bonds is 5. The van der Waals surface area contributed by atoms with Gasteiger partial charge in [0.2, 0.25) is 0 Å². The van der Waals surface area contributed by atoms with Gasteiger partial charge in [0.05, 0.1) is 12.2 Å². The molecule has 0 spiro atoms. The second kappa shape index (κ2) is 6.06. The maximum absolute atomic E-state index is 12.3. The van der Waals surface area contributed by atoms with Crippen molar-refractivity contribution in [2.24, 2.45) is 0 Å². The highest BCUT2D eigenvalue weighted by molar-refractivity contribution is 9.10. The number of nitrogens with zero attached hydrogens (tertiary/aromatic N) is 2. The highest BCUT2D eigenvalue weighted by Crippen LogP contribution is 2.17. The summed E-state index contributed by atoms with van der Waals surface area (Å²) in [5, 5.41) is 9.60. The van der Waals surface area contributed by atoms with Crippen molar-refractivity contribution in [2.45, 2.75) is 32.9 Å². The lowest BCUT2D eigenvalue weighted by atomic mass is 10.2. The molecule has 0 aliphatic rings. The predicted octanol–water partition coefficient (Wildman–Crippen LogP) is 2.87. The van der Waals surface area contributed by atoms with Crippen LogP contribution in [0.15, 0.2) is 29.1 Å². The summed E-state index contributed by atoms with van der Waals surface area (Å²) in [5.74, 6) is -0.0761. The Morgan fingerprint density at radius 2 is 2.42 bits per heavy atom. The van der Waals surface area contributed by atoms with Gasteiger partial charge < -0.3 is 9.88 Å². The molecule has 0 aliphatic carbocycles. The first-order valence-corrected chi connectivity index (χ1v) is 7.06. The predicted molar refractivity (Wildman–Crippen MR) is 76.9 cm³/mol. The molecule has 2 heterocycles. The first-order valence-electron chi connectivity index (χ1n) is 6.27. The Morgan fingerprint density at radius 1 is 1.63 bits per heavy atom. The number of nitrogens with one attached hydrogen (secondary N) is 2. The highest BCUT2D eigenvalue weighted by atomic mass is 79.9. The maximum Gasteiger partial charge on any atom is 0.268 e. The van der Waals surface area contributed by atoms with E-state index in [2.05, 4.69) is 38.4 Å². The molecule has 0 fully saturated rings. The second-order valence-corrected chi connectivity index (χ2v) is 5.38. The molecule has 1 amide bonds. The molecule has 1 atom stereocenters. The van der Waals surface area contributed by atoms with E-state index in [1.165, 1.54) is 0 Å². The molecule has 5 nitrogen and oxygen atoms in total. The molecule has 2 aromatic rings. The minimum atomic E-state index is -0.0761. The monoisotopic (exact) mass is 324 g/mol. The third-order valence-corrected chi connectivity index (χ3v) is 3.36. The molecule has 6 heteroatoms. The molecule has 0 aromatic carbocycles. The van der Waals surface area contributed by atoms with E-state index < -0.39 is 0 Å². The zero-order chi connectivity index (χ0) is 13.8. The van der Waals surface area contributed by atoms with Crippen molar-refractivity contribution in [1.29, 1.82) is 0 Å². The largest absolute Gasteiger partial charge is 0.344 e. The van der Waals surface area contributed by atoms with Crippen LogP contribution in [-0.2, 0) is 6.54 Å². The van der Waals surface area contributed by atoms with Crippen LogP contribution in [0, 0.1) is 0 Å². The van der Waals surface area contributed by atoms with Crippen molar-refractivity contribution >= 4 is 21.8 Å². The van der Waals surface area contributed by atoms with Gasteiger partial charge in [-0.2, -0.15) is 5.10 Å². The summed E-state index contributed by atoms with van der Waals surface area (Å²) < 4.78 is 2.88. The summed E-state index contributed by atoms with van der Waals surface area (Å²) in [4.78, 5) is 12.3. The summed E-state index contributed by atoms with van der Waals surface area (Å²) >= 11 is 3.41. The van der Waals surface area contributed by atoms with Crippen LogP contribution < -0.4 is 5.32 Å². The topological polar surface area (TPSA) is 62.7 Å². The zero-order valence-electron chi connectivity index (χ0n) is 11.0. The van der Waals surface area contributed by atoms with Crippen molar-refractivity contribution in [3.63, 3.8) is 0 Å². The van der Waals surface area contributed by atoms with Gasteiger partial charge >= 0.3 is 0 Å². The van der Waals surface area contributed by atoms with Crippen molar-refractivity contribution < 1.29 is 4.79 Å². The Bertz CT molecular complexity index is 547. The van der Waals surface area contributed by atoms with Crippen LogP contribution in [0.3, 0.4) is 0 Å². The van der Waals surface area contributed by atoms with Gasteiger partial charge in [0.1, 0.15) is 5.69 Å². The third kappa shape index (κ3) is 3.26. The number of halogens is 1. The number of hydrogen-bond donors (Lipinski definition) is 2. The number of aromatic amines is 1. The maximum atomic E-state index is 12.3. The highest BCUT2D eigenvalue weighted by Gasteiger charge is 2.16. The molecule has 2 aromatic heterocycles. The molecule has 1 unspecified atom stereocenters. The lowest BCUT2D eigenvalue weighted by molar-refractivity contribution is 0.0930. The van der Waals surface area contributed by atoms with Crippen LogP contribution in [-0.4, -0.2) is 20.7 Å². The molecule has 2 rings (SSSR count). The molecule has 2 N–H and O–H groups in total. The normalized spacial score (nSPS) is 12.4. The Kier molecular flexibility index (Phi) is 4.42. The van der Waals surface area contributed by atoms with E-state index in [0.29, 0.717) is 5.69 Å². The fraction of sp³-hybridized carbons (Fsp3) is 0.385. The third-order valence-electron chi connectivity index (χ3n) is 2.93. The Labute approximate surface area is 120 Å². The van der Waals surface area contributed by atoms with Crippen molar-refractivity contribution in [2.75, 3.05) is 0 Å². The Hall–Kier alpha value is -1.56. The van der Waals surface area contributed by atoms with Crippen LogP contribution in [0.5, 0.6) is 0 Å². The lowest BCUT2D eigenvalue weighted by Crippen LogP contribution is -2.28. The smallest absolute Gasteiger partial charge is 0.268 e. The van der Waals surface area contributed by atoms with Crippen LogP contribution >= 0.6 is 15.9 Å². The quantitative estimate of drug-likeness (QED) is 0.888. The molecule has 0 saturated heterocycles. The van der Waals surface area contributed by atoms with Gasteiger partial charge in [-0.1, -0.05) is 6.92 Å². The molecule has 19 heavy (non-hydrogen) atoms. The van der Waals surface area contributed by atoms with E-state index >= 15 is 0 Å². The Balaban J connectivity index is 2.11. The molecular formula is C13H17BrN4O. The summed E-state index contributed by atoms with van der Waals surface area (Å²) in [6.45, 7) is 4.85. The SMILES string of the molecule is CCCn1cc(Br)cc1C(=O)NC(C)c1cn[nH]c1. The first kappa shape index (κ1) is 13.9. The van der Waals surface area contributed by atoms with Gasteiger partial charge in [-0.15, -0.1) is 0 Å². The van der Waals surface area contributed by atoms with E-state index in [1.807, 2.05) is 23.8 Å². The average Bonchev–Trinajstić information content (AvgIpc) is 2.99. The van der Waals surface area contributed by atoms with E-state index in [-0.39, 0.29) is 11.9 Å². The van der Waals surface area contributed by atoms with E-state index in [4.69, 9.17) is 0 Å².